The largest absolute Gasteiger partial charge is 0.383 e. The number of likely N-dealkylation sites (tertiary alicyclic amines) is 1. The Morgan fingerprint density at radius 2 is 2.00 bits per heavy atom. The van der Waals surface area contributed by atoms with E-state index in [1.165, 1.54) is 6.42 Å². The van der Waals surface area contributed by atoms with Gasteiger partial charge in [-0.25, -0.2) is 4.98 Å². The first-order chi connectivity index (χ1) is 8.60. The molecule has 2 aliphatic rings. The van der Waals surface area contributed by atoms with Crippen LogP contribution >= 0.6 is 15.9 Å². The van der Waals surface area contributed by atoms with Gasteiger partial charge in [0.25, 0.3) is 0 Å². The van der Waals surface area contributed by atoms with Gasteiger partial charge in [0, 0.05) is 24.9 Å². The molecule has 3 rings (SSSR count). The minimum atomic E-state index is -0.728. The first-order valence-electron chi connectivity index (χ1n) is 6.64. The van der Waals surface area contributed by atoms with Crippen molar-refractivity contribution in [1.82, 2.24) is 9.88 Å². The van der Waals surface area contributed by atoms with E-state index in [0.29, 0.717) is 11.8 Å². The number of aliphatic hydroxyl groups is 1. The van der Waals surface area contributed by atoms with Gasteiger partial charge in [-0.15, -0.1) is 0 Å². The number of hydrogen-bond acceptors (Lipinski definition) is 3. The van der Waals surface area contributed by atoms with Gasteiger partial charge in [-0.3, -0.25) is 0 Å². The van der Waals surface area contributed by atoms with Gasteiger partial charge < -0.3 is 10.0 Å². The van der Waals surface area contributed by atoms with Gasteiger partial charge in [0.05, 0.1) is 5.69 Å². The summed E-state index contributed by atoms with van der Waals surface area (Å²) in [6.07, 6.45) is 3.44. The zero-order chi connectivity index (χ0) is 12.8. The first-order valence-corrected chi connectivity index (χ1v) is 7.44. The fourth-order valence-electron chi connectivity index (χ4n) is 3.72. The summed E-state index contributed by atoms with van der Waals surface area (Å²) < 4.78 is 0.811. The molecule has 1 saturated heterocycles. The lowest BCUT2D eigenvalue weighted by Crippen LogP contribution is -2.57. The van der Waals surface area contributed by atoms with Crippen LogP contribution in [0.15, 0.2) is 22.8 Å². The van der Waals surface area contributed by atoms with Crippen molar-refractivity contribution in [3.8, 4) is 0 Å². The maximum absolute atomic E-state index is 11.3. The molecule has 0 spiro atoms. The molecule has 98 valence electrons. The fourth-order valence-corrected chi connectivity index (χ4v) is 4.07. The molecule has 3 atom stereocenters. The lowest BCUT2D eigenvalue weighted by atomic mass is 9.64. The molecule has 1 unspecified atom stereocenters. The van der Waals surface area contributed by atoms with E-state index in [9.17, 15) is 5.11 Å². The van der Waals surface area contributed by atoms with Crippen LogP contribution in [-0.2, 0) is 5.60 Å². The summed E-state index contributed by atoms with van der Waals surface area (Å²) in [4.78, 5) is 6.87. The third-order valence-corrected chi connectivity index (χ3v) is 4.98. The minimum Gasteiger partial charge on any atom is -0.383 e. The second kappa shape index (κ2) is 4.58. The van der Waals surface area contributed by atoms with Gasteiger partial charge in [0.15, 0.2) is 0 Å². The molecule has 2 fully saturated rings. The molecule has 3 nitrogen and oxygen atoms in total. The van der Waals surface area contributed by atoms with Crippen LogP contribution in [0.25, 0.3) is 0 Å². The number of nitrogens with zero attached hydrogens (tertiary/aromatic N) is 2. The molecule has 0 aromatic carbocycles. The lowest BCUT2D eigenvalue weighted by molar-refractivity contribution is -0.145. The standard InChI is InChI=1S/C14H19BrN2O/c1-17-8-10-4-2-5-11(9-17)14(10,18)12-6-3-7-13(15)16-12/h3,6-7,10-11,18H,2,4-5,8-9H2,1H3/t10-,11+,14?. The summed E-state index contributed by atoms with van der Waals surface area (Å²) in [5.74, 6) is 0.633. The number of halogens is 1. The quantitative estimate of drug-likeness (QED) is 0.809. The highest BCUT2D eigenvalue weighted by Crippen LogP contribution is 2.48. The smallest absolute Gasteiger partial charge is 0.115 e. The fraction of sp³-hybridized carbons (Fsp3) is 0.643. The third-order valence-electron chi connectivity index (χ3n) is 4.54. The second-order valence-corrected chi connectivity index (χ2v) is 6.53. The Hall–Kier alpha value is -0.450. The van der Waals surface area contributed by atoms with Crippen molar-refractivity contribution in [2.75, 3.05) is 20.1 Å². The topological polar surface area (TPSA) is 36.4 Å². The van der Waals surface area contributed by atoms with Crippen LogP contribution in [0.3, 0.4) is 0 Å². The lowest BCUT2D eigenvalue weighted by Gasteiger charge is -2.52. The number of rotatable bonds is 1. The summed E-state index contributed by atoms with van der Waals surface area (Å²) in [6.45, 7) is 1.95. The number of piperidine rings is 1. The van der Waals surface area contributed by atoms with Gasteiger partial charge in [0.1, 0.15) is 10.2 Å². The first kappa shape index (κ1) is 12.6. The predicted molar refractivity (Wildman–Crippen MR) is 74.2 cm³/mol. The van der Waals surface area contributed by atoms with Crippen molar-refractivity contribution in [1.29, 1.82) is 0 Å². The molecule has 2 bridgehead atoms. The molecule has 18 heavy (non-hydrogen) atoms. The van der Waals surface area contributed by atoms with Gasteiger partial charge in [-0.1, -0.05) is 12.5 Å². The van der Waals surface area contributed by atoms with Gasteiger partial charge in [-0.05, 0) is 48.0 Å². The van der Waals surface area contributed by atoms with E-state index in [4.69, 9.17) is 0 Å². The molecule has 1 saturated carbocycles. The summed E-state index contributed by atoms with van der Waals surface area (Å²) in [6, 6.07) is 5.86. The number of hydrogen-bond donors (Lipinski definition) is 1. The zero-order valence-electron chi connectivity index (χ0n) is 10.6. The second-order valence-electron chi connectivity index (χ2n) is 5.72. The van der Waals surface area contributed by atoms with Gasteiger partial charge in [0.2, 0.25) is 0 Å². The highest BCUT2D eigenvalue weighted by Gasteiger charge is 2.51. The minimum absolute atomic E-state index is 0.316. The molecular formula is C14H19BrN2O. The molecule has 2 heterocycles. The van der Waals surface area contributed by atoms with Crippen molar-refractivity contribution >= 4 is 15.9 Å². The maximum atomic E-state index is 11.3. The molecule has 0 amide bonds. The summed E-state index contributed by atoms with van der Waals surface area (Å²) in [5, 5.41) is 11.3. The van der Waals surface area contributed by atoms with Gasteiger partial charge in [-0.2, -0.15) is 0 Å². The van der Waals surface area contributed by atoms with E-state index >= 15 is 0 Å². The van der Waals surface area contributed by atoms with Crippen LogP contribution in [0.4, 0.5) is 0 Å². The molecule has 1 aromatic heterocycles. The number of fused-ring (bicyclic) bond motifs is 2. The zero-order valence-corrected chi connectivity index (χ0v) is 12.2. The van der Waals surface area contributed by atoms with E-state index in [1.54, 1.807) is 0 Å². The Morgan fingerprint density at radius 3 is 2.61 bits per heavy atom. The summed E-state index contributed by atoms with van der Waals surface area (Å²) >= 11 is 3.41. The maximum Gasteiger partial charge on any atom is 0.115 e. The van der Waals surface area contributed by atoms with E-state index in [-0.39, 0.29) is 0 Å². The Bertz CT molecular complexity index is 437. The van der Waals surface area contributed by atoms with E-state index in [1.807, 2.05) is 18.2 Å². The molecule has 4 heteroatoms. The highest BCUT2D eigenvalue weighted by atomic mass is 79.9. The normalized spacial score (nSPS) is 36.6. The number of aromatic nitrogens is 1. The van der Waals surface area contributed by atoms with Crippen LogP contribution in [0.1, 0.15) is 25.0 Å². The number of pyridine rings is 1. The third kappa shape index (κ3) is 1.91. The van der Waals surface area contributed by atoms with Gasteiger partial charge >= 0.3 is 0 Å². The van der Waals surface area contributed by atoms with Crippen LogP contribution in [-0.4, -0.2) is 35.1 Å². The van der Waals surface area contributed by atoms with Crippen LogP contribution < -0.4 is 0 Å². The Balaban J connectivity index is 2.02. The van der Waals surface area contributed by atoms with Crippen molar-refractivity contribution in [3.05, 3.63) is 28.5 Å². The van der Waals surface area contributed by atoms with Crippen molar-refractivity contribution in [2.45, 2.75) is 24.9 Å². The molecule has 1 N–H and O–H groups in total. The van der Waals surface area contributed by atoms with E-state index in [0.717, 1.165) is 36.2 Å². The van der Waals surface area contributed by atoms with Crippen molar-refractivity contribution < 1.29 is 5.11 Å². The van der Waals surface area contributed by atoms with E-state index in [2.05, 4.69) is 32.9 Å². The predicted octanol–water partition coefficient (Wildman–Crippen LogP) is 2.39. The SMILES string of the molecule is CN1C[C@H]2CCC[C@@H](C1)C2(O)c1cccc(Br)n1. The monoisotopic (exact) mass is 310 g/mol. The molecule has 1 aliphatic carbocycles. The molecular weight excluding hydrogens is 292 g/mol. The molecule has 0 radical (unpaired) electrons. The Labute approximate surface area is 116 Å². The Kier molecular flexibility index (Phi) is 3.20. The van der Waals surface area contributed by atoms with Crippen LogP contribution in [0.5, 0.6) is 0 Å². The summed E-state index contributed by atoms with van der Waals surface area (Å²) in [5.41, 5.74) is 0.119. The van der Waals surface area contributed by atoms with Crippen LogP contribution in [0, 0.1) is 11.8 Å². The van der Waals surface area contributed by atoms with Crippen molar-refractivity contribution in [3.63, 3.8) is 0 Å². The Morgan fingerprint density at radius 1 is 1.33 bits per heavy atom. The van der Waals surface area contributed by atoms with E-state index < -0.39 is 5.60 Å². The van der Waals surface area contributed by atoms with Crippen LogP contribution in [0.2, 0.25) is 0 Å². The average molecular weight is 311 g/mol. The molecule has 1 aliphatic heterocycles. The average Bonchev–Trinajstić information content (AvgIpc) is 2.31. The summed E-state index contributed by atoms with van der Waals surface area (Å²) in [7, 11) is 2.15. The molecule has 1 aromatic rings. The van der Waals surface area contributed by atoms with Crippen molar-refractivity contribution in [2.24, 2.45) is 11.8 Å². The highest BCUT2D eigenvalue weighted by molar-refractivity contribution is 9.10.